The zero-order valence-corrected chi connectivity index (χ0v) is 9.98. The summed E-state index contributed by atoms with van der Waals surface area (Å²) in [4.78, 5) is 9.24. The fourth-order valence-corrected chi connectivity index (χ4v) is 2.00. The molecule has 2 heterocycles. The molecule has 2 rings (SSSR count). The topological polar surface area (TPSA) is 55.0 Å². The van der Waals surface area contributed by atoms with Crippen LogP contribution in [0.1, 0.15) is 19.0 Å². The van der Waals surface area contributed by atoms with Crippen molar-refractivity contribution in [2.45, 2.75) is 25.6 Å². The summed E-state index contributed by atoms with van der Waals surface area (Å²) in [6, 6.07) is 0.967. The van der Waals surface area contributed by atoms with Gasteiger partial charge in [-0.3, -0.25) is 0 Å². The van der Waals surface area contributed by atoms with Gasteiger partial charge in [0.1, 0.15) is 5.69 Å². The monoisotopic (exact) mass is 260 g/mol. The first kappa shape index (κ1) is 13.1. The van der Waals surface area contributed by atoms with Crippen LogP contribution in [-0.2, 0) is 6.18 Å². The first-order valence-corrected chi connectivity index (χ1v) is 5.78. The van der Waals surface area contributed by atoms with Crippen LogP contribution in [0.3, 0.4) is 0 Å². The van der Waals surface area contributed by atoms with Crippen molar-refractivity contribution >= 4 is 5.95 Å². The maximum absolute atomic E-state index is 12.5. The Bertz CT molecular complexity index is 421. The Morgan fingerprint density at radius 3 is 2.78 bits per heavy atom. The Morgan fingerprint density at radius 1 is 1.44 bits per heavy atom. The highest BCUT2D eigenvalue weighted by molar-refractivity contribution is 5.32. The number of halogens is 3. The molecule has 18 heavy (non-hydrogen) atoms. The molecule has 1 aliphatic rings. The minimum atomic E-state index is -4.44. The van der Waals surface area contributed by atoms with Crippen LogP contribution in [0, 0.1) is 5.92 Å². The molecule has 100 valence electrons. The molecule has 1 aliphatic heterocycles. The maximum atomic E-state index is 12.5. The summed E-state index contributed by atoms with van der Waals surface area (Å²) in [6.07, 6.45) is -2.55. The van der Waals surface area contributed by atoms with Gasteiger partial charge in [0.05, 0.1) is 0 Å². The van der Waals surface area contributed by atoms with E-state index in [9.17, 15) is 13.2 Å². The van der Waals surface area contributed by atoms with Gasteiger partial charge in [0.15, 0.2) is 0 Å². The minimum absolute atomic E-state index is 0.0899. The predicted octanol–water partition coefficient (Wildman–Crippen LogP) is 1.67. The van der Waals surface area contributed by atoms with Gasteiger partial charge in [0.25, 0.3) is 0 Å². The van der Waals surface area contributed by atoms with E-state index in [1.807, 2.05) is 6.92 Å². The van der Waals surface area contributed by atoms with Gasteiger partial charge in [-0.2, -0.15) is 13.2 Å². The molecule has 1 fully saturated rings. The molecule has 0 amide bonds. The van der Waals surface area contributed by atoms with Crippen molar-refractivity contribution in [1.29, 1.82) is 0 Å². The lowest BCUT2D eigenvalue weighted by Crippen LogP contribution is -2.46. The van der Waals surface area contributed by atoms with Gasteiger partial charge in [-0.05, 0) is 18.4 Å². The fraction of sp³-hybridized carbons (Fsp3) is 0.636. The van der Waals surface area contributed by atoms with Crippen LogP contribution in [0.2, 0.25) is 0 Å². The number of nitrogens with two attached hydrogens (primary N) is 1. The molecule has 2 unspecified atom stereocenters. The van der Waals surface area contributed by atoms with Gasteiger partial charge in [0.2, 0.25) is 5.95 Å². The van der Waals surface area contributed by atoms with E-state index in [1.165, 1.54) is 0 Å². The molecule has 1 saturated heterocycles. The molecule has 7 heteroatoms. The number of hydrogen-bond donors (Lipinski definition) is 1. The summed E-state index contributed by atoms with van der Waals surface area (Å²) in [5.74, 6) is 0.348. The van der Waals surface area contributed by atoms with Crippen molar-refractivity contribution in [2.75, 3.05) is 18.0 Å². The van der Waals surface area contributed by atoms with E-state index in [0.29, 0.717) is 13.1 Å². The lowest BCUT2D eigenvalue weighted by Gasteiger charge is -2.35. The van der Waals surface area contributed by atoms with Crippen LogP contribution in [0.15, 0.2) is 12.3 Å². The van der Waals surface area contributed by atoms with Crippen LogP contribution >= 0.6 is 0 Å². The first-order valence-electron chi connectivity index (χ1n) is 5.78. The standard InChI is InChI=1S/C11H15F3N4/c1-7-6-18(5-3-8(7)15)10-16-4-2-9(17-10)11(12,13)14/h2,4,7-8H,3,5-6,15H2,1H3. The Hall–Kier alpha value is -1.37. The van der Waals surface area contributed by atoms with E-state index in [4.69, 9.17) is 5.73 Å². The summed E-state index contributed by atoms with van der Waals surface area (Å²) >= 11 is 0. The Morgan fingerprint density at radius 2 is 2.17 bits per heavy atom. The van der Waals surface area contributed by atoms with Gasteiger partial charge in [-0.1, -0.05) is 6.92 Å². The van der Waals surface area contributed by atoms with Gasteiger partial charge >= 0.3 is 6.18 Å². The summed E-state index contributed by atoms with van der Waals surface area (Å²) in [6.45, 7) is 3.15. The van der Waals surface area contributed by atoms with E-state index < -0.39 is 11.9 Å². The number of piperidine rings is 1. The largest absolute Gasteiger partial charge is 0.433 e. The summed E-state index contributed by atoms with van der Waals surface area (Å²) in [5, 5.41) is 0. The molecule has 0 spiro atoms. The molecule has 0 aromatic carbocycles. The van der Waals surface area contributed by atoms with Crippen LogP contribution in [-0.4, -0.2) is 29.1 Å². The summed E-state index contributed by atoms with van der Waals surface area (Å²) < 4.78 is 37.6. The number of aromatic nitrogens is 2. The fourth-order valence-electron chi connectivity index (χ4n) is 2.00. The van der Waals surface area contributed by atoms with Crippen molar-refractivity contribution in [3.8, 4) is 0 Å². The van der Waals surface area contributed by atoms with Crippen LogP contribution in [0.5, 0.6) is 0 Å². The smallest absolute Gasteiger partial charge is 0.340 e. The Kier molecular flexibility index (Phi) is 3.43. The quantitative estimate of drug-likeness (QED) is 0.834. The first-order chi connectivity index (χ1) is 8.38. The van der Waals surface area contributed by atoms with Crippen molar-refractivity contribution < 1.29 is 13.2 Å². The normalized spacial score (nSPS) is 25.3. The van der Waals surface area contributed by atoms with Gasteiger partial charge in [0, 0.05) is 25.3 Å². The highest BCUT2D eigenvalue weighted by atomic mass is 19.4. The lowest BCUT2D eigenvalue weighted by molar-refractivity contribution is -0.141. The second kappa shape index (κ2) is 4.72. The van der Waals surface area contributed by atoms with Gasteiger partial charge in [-0.25, -0.2) is 9.97 Å². The van der Waals surface area contributed by atoms with Crippen LogP contribution in [0.25, 0.3) is 0 Å². The van der Waals surface area contributed by atoms with Crippen molar-refractivity contribution in [2.24, 2.45) is 11.7 Å². The van der Waals surface area contributed by atoms with Crippen LogP contribution < -0.4 is 10.6 Å². The molecule has 1 aromatic rings. The summed E-state index contributed by atoms with van der Waals surface area (Å²) in [5.41, 5.74) is 4.96. The molecular weight excluding hydrogens is 245 g/mol. The predicted molar refractivity (Wildman–Crippen MR) is 61.0 cm³/mol. The molecule has 0 bridgehead atoms. The third-order valence-electron chi connectivity index (χ3n) is 3.19. The zero-order valence-electron chi connectivity index (χ0n) is 9.98. The molecular formula is C11H15F3N4. The maximum Gasteiger partial charge on any atom is 0.433 e. The second-order valence-corrected chi connectivity index (χ2v) is 4.62. The molecule has 2 atom stereocenters. The van der Waals surface area contributed by atoms with E-state index in [1.54, 1.807) is 4.90 Å². The van der Waals surface area contributed by atoms with Gasteiger partial charge in [-0.15, -0.1) is 0 Å². The molecule has 4 nitrogen and oxygen atoms in total. The molecule has 1 aromatic heterocycles. The van der Waals surface area contributed by atoms with Crippen LogP contribution in [0.4, 0.5) is 19.1 Å². The van der Waals surface area contributed by atoms with Crippen molar-refractivity contribution in [3.63, 3.8) is 0 Å². The molecule has 0 radical (unpaired) electrons. The highest BCUT2D eigenvalue weighted by Gasteiger charge is 2.34. The second-order valence-electron chi connectivity index (χ2n) is 4.62. The van der Waals surface area contributed by atoms with E-state index in [-0.39, 0.29) is 17.9 Å². The minimum Gasteiger partial charge on any atom is -0.340 e. The third-order valence-corrected chi connectivity index (χ3v) is 3.19. The SMILES string of the molecule is CC1CN(c2nccc(C(F)(F)F)n2)CCC1N. The molecule has 0 saturated carbocycles. The Labute approximate surface area is 103 Å². The third kappa shape index (κ3) is 2.72. The number of anilines is 1. The van der Waals surface area contributed by atoms with Crippen molar-refractivity contribution in [3.05, 3.63) is 18.0 Å². The zero-order chi connectivity index (χ0) is 13.3. The molecule has 0 aliphatic carbocycles. The number of alkyl halides is 3. The highest BCUT2D eigenvalue weighted by Crippen LogP contribution is 2.28. The molecule has 2 N–H and O–H groups in total. The number of hydrogen-bond acceptors (Lipinski definition) is 4. The van der Waals surface area contributed by atoms with E-state index in [2.05, 4.69) is 9.97 Å². The number of rotatable bonds is 1. The number of nitrogens with zero attached hydrogens (tertiary/aromatic N) is 3. The van der Waals surface area contributed by atoms with E-state index in [0.717, 1.165) is 18.7 Å². The lowest BCUT2D eigenvalue weighted by atomic mass is 9.95. The van der Waals surface area contributed by atoms with Crippen molar-refractivity contribution in [1.82, 2.24) is 9.97 Å². The van der Waals surface area contributed by atoms with Gasteiger partial charge < -0.3 is 10.6 Å². The Balaban J connectivity index is 2.19. The summed E-state index contributed by atoms with van der Waals surface area (Å²) in [7, 11) is 0. The van der Waals surface area contributed by atoms with E-state index >= 15 is 0 Å². The average molecular weight is 260 g/mol. The average Bonchev–Trinajstić information content (AvgIpc) is 2.32.